The standard InChI is InChI=1S/C12H16N4O2S/c1-3-16-12(14-8-15-16)7-19(17,18)11-6-10(13)5-4-9(11)2/h4-6,8H,3,7,13H2,1-2H3. The van der Waals surface area contributed by atoms with E-state index < -0.39 is 9.84 Å². The Hall–Kier alpha value is -1.89. The maximum absolute atomic E-state index is 12.4. The van der Waals surface area contributed by atoms with Crippen molar-refractivity contribution in [2.75, 3.05) is 5.73 Å². The zero-order valence-corrected chi connectivity index (χ0v) is 11.7. The van der Waals surface area contributed by atoms with Crippen LogP contribution in [0, 0.1) is 6.92 Å². The Balaban J connectivity index is 2.41. The van der Waals surface area contributed by atoms with E-state index in [9.17, 15) is 8.42 Å². The summed E-state index contributed by atoms with van der Waals surface area (Å²) < 4.78 is 26.4. The Kier molecular flexibility index (Phi) is 3.57. The molecule has 7 heteroatoms. The molecule has 0 aliphatic carbocycles. The quantitative estimate of drug-likeness (QED) is 0.849. The molecule has 0 fully saturated rings. The highest BCUT2D eigenvalue weighted by Crippen LogP contribution is 2.21. The van der Waals surface area contributed by atoms with Crippen molar-refractivity contribution in [2.45, 2.75) is 31.0 Å². The number of hydrogen-bond donors (Lipinski definition) is 1. The van der Waals surface area contributed by atoms with Gasteiger partial charge in [0.05, 0.1) is 4.90 Å². The lowest BCUT2D eigenvalue weighted by Gasteiger charge is -2.08. The molecule has 6 nitrogen and oxygen atoms in total. The molecule has 1 aromatic carbocycles. The van der Waals surface area contributed by atoms with Crippen LogP contribution in [0.2, 0.25) is 0 Å². The smallest absolute Gasteiger partial charge is 0.185 e. The number of aryl methyl sites for hydroxylation is 2. The summed E-state index contributed by atoms with van der Waals surface area (Å²) in [5, 5.41) is 3.97. The number of anilines is 1. The molecule has 0 bridgehead atoms. The molecule has 2 N–H and O–H groups in total. The summed E-state index contributed by atoms with van der Waals surface area (Å²) in [5.74, 6) is 0.259. The third-order valence-electron chi connectivity index (χ3n) is 2.86. The van der Waals surface area contributed by atoms with Gasteiger partial charge in [0.1, 0.15) is 17.9 Å². The largest absolute Gasteiger partial charge is 0.399 e. The second kappa shape index (κ2) is 5.00. The van der Waals surface area contributed by atoms with Gasteiger partial charge in [-0.3, -0.25) is 0 Å². The molecule has 2 aromatic rings. The van der Waals surface area contributed by atoms with E-state index >= 15 is 0 Å². The first-order valence-electron chi connectivity index (χ1n) is 5.89. The minimum atomic E-state index is -3.47. The Bertz CT molecular complexity index is 692. The van der Waals surface area contributed by atoms with Crippen molar-refractivity contribution in [3.63, 3.8) is 0 Å². The summed E-state index contributed by atoms with van der Waals surface area (Å²) in [6.07, 6.45) is 1.36. The van der Waals surface area contributed by atoms with Gasteiger partial charge in [0, 0.05) is 12.2 Å². The lowest BCUT2D eigenvalue weighted by molar-refractivity contribution is 0.583. The third kappa shape index (κ3) is 2.76. The van der Waals surface area contributed by atoms with E-state index in [2.05, 4.69) is 10.1 Å². The summed E-state index contributed by atoms with van der Waals surface area (Å²) in [6.45, 7) is 4.22. The van der Waals surface area contributed by atoms with Crippen molar-refractivity contribution in [3.05, 3.63) is 35.9 Å². The first-order valence-corrected chi connectivity index (χ1v) is 7.55. The van der Waals surface area contributed by atoms with Crippen molar-refractivity contribution < 1.29 is 8.42 Å². The normalized spacial score (nSPS) is 11.7. The van der Waals surface area contributed by atoms with Crippen LogP contribution in [0.5, 0.6) is 0 Å². The highest BCUT2D eigenvalue weighted by Gasteiger charge is 2.21. The number of hydrogen-bond acceptors (Lipinski definition) is 5. The predicted octanol–water partition coefficient (Wildman–Crippen LogP) is 1.16. The van der Waals surface area contributed by atoms with Crippen molar-refractivity contribution in [1.29, 1.82) is 0 Å². The fourth-order valence-corrected chi connectivity index (χ4v) is 3.46. The molecule has 0 atom stereocenters. The van der Waals surface area contributed by atoms with Crippen LogP contribution in [0.15, 0.2) is 29.4 Å². The molecule has 0 unspecified atom stereocenters. The third-order valence-corrected chi connectivity index (χ3v) is 4.61. The molecule has 102 valence electrons. The zero-order chi connectivity index (χ0) is 14.0. The molecule has 19 heavy (non-hydrogen) atoms. The Morgan fingerprint density at radius 2 is 2.11 bits per heavy atom. The summed E-state index contributed by atoms with van der Waals surface area (Å²) >= 11 is 0. The van der Waals surface area contributed by atoms with Crippen molar-refractivity contribution in [3.8, 4) is 0 Å². The number of sulfone groups is 1. The molecular weight excluding hydrogens is 264 g/mol. The van der Waals surface area contributed by atoms with Gasteiger partial charge in [-0.25, -0.2) is 18.1 Å². The van der Waals surface area contributed by atoms with Crippen LogP contribution in [-0.2, 0) is 22.1 Å². The maximum Gasteiger partial charge on any atom is 0.185 e. The van der Waals surface area contributed by atoms with Gasteiger partial charge in [-0.1, -0.05) is 6.07 Å². The fraction of sp³-hybridized carbons (Fsp3) is 0.333. The van der Waals surface area contributed by atoms with E-state index in [1.807, 2.05) is 6.92 Å². The summed E-state index contributed by atoms with van der Waals surface area (Å²) in [5.41, 5.74) is 6.77. The molecular formula is C12H16N4O2S. The highest BCUT2D eigenvalue weighted by atomic mass is 32.2. The first-order chi connectivity index (χ1) is 8.94. The van der Waals surface area contributed by atoms with Crippen LogP contribution in [0.4, 0.5) is 5.69 Å². The van der Waals surface area contributed by atoms with Crippen LogP contribution < -0.4 is 5.73 Å². The molecule has 0 amide bonds. The van der Waals surface area contributed by atoms with E-state index in [0.717, 1.165) is 0 Å². The number of rotatable bonds is 4. The van der Waals surface area contributed by atoms with Crippen molar-refractivity contribution >= 4 is 15.5 Å². The van der Waals surface area contributed by atoms with Gasteiger partial charge >= 0.3 is 0 Å². The summed E-state index contributed by atoms with van der Waals surface area (Å²) in [4.78, 5) is 4.24. The van der Waals surface area contributed by atoms with E-state index in [0.29, 0.717) is 23.6 Å². The molecule has 0 aliphatic rings. The van der Waals surface area contributed by atoms with Gasteiger partial charge in [0.25, 0.3) is 0 Å². The number of aromatic nitrogens is 3. The molecule has 0 aliphatic heterocycles. The van der Waals surface area contributed by atoms with Crippen LogP contribution in [0.3, 0.4) is 0 Å². The maximum atomic E-state index is 12.4. The molecule has 1 heterocycles. The van der Waals surface area contributed by atoms with E-state index in [-0.39, 0.29) is 10.6 Å². The fourth-order valence-electron chi connectivity index (χ4n) is 1.86. The molecule has 2 rings (SSSR count). The van der Waals surface area contributed by atoms with Gasteiger partial charge in [-0.05, 0) is 31.5 Å². The summed E-state index contributed by atoms with van der Waals surface area (Å²) in [6, 6.07) is 4.87. The second-order valence-corrected chi connectivity index (χ2v) is 6.23. The average molecular weight is 280 g/mol. The number of benzene rings is 1. The molecule has 1 aromatic heterocycles. The minimum Gasteiger partial charge on any atom is -0.399 e. The number of nitrogens with two attached hydrogens (primary N) is 1. The van der Waals surface area contributed by atoms with Gasteiger partial charge < -0.3 is 5.73 Å². The lowest BCUT2D eigenvalue weighted by Crippen LogP contribution is -2.12. The van der Waals surface area contributed by atoms with Gasteiger partial charge in [-0.2, -0.15) is 5.10 Å². The molecule has 0 radical (unpaired) electrons. The van der Waals surface area contributed by atoms with Gasteiger partial charge in [0.15, 0.2) is 9.84 Å². The Labute approximate surface area is 112 Å². The lowest BCUT2D eigenvalue weighted by atomic mass is 10.2. The number of nitrogen functional groups attached to an aromatic ring is 1. The minimum absolute atomic E-state index is 0.175. The predicted molar refractivity (Wildman–Crippen MR) is 72.2 cm³/mol. The molecule has 0 saturated carbocycles. The van der Waals surface area contributed by atoms with E-state index in [4.69, 9.17) is 5.73 Å². The summed E-state index contributed by atoms with van der Waals surface area (Å²) in [7, 11) is -3.47. The Morgan fingerprint density at radius 1 is 1.37 bits per heavy atom. The van der Waals surface area contributed by atoms with Crippen LogP contribution >= 0.6 is 0 Å². The Morgan fingerprint density at radius 3 is 2.79 bits per heavy atom. The highest BCUT2D eigenvalue weighted by molar-refractivity contribution is 7.90. The SMILES string of the molecule is CCn1ncnc1CS(=O)(=O)c1cc(N)ccc1C. The monoisotopic (exact) mass is 280 g/mol. The second-order valence-electron chi connectivity index (χ2n) is 4.28. The van der Waals surface area contributed by atoms with Crippen molar-refractivity contribution in [1.82, 2.24) is 14.8 Å². The van der Waals surface area contributed by atoms with E-state index in [1.54, 1.807) is 23.7 Å². The molecule has 0 saturated heterocycles. The zero-order valence-electron chi connectivity index (χ0n) is 10.9. The first kappa shape index (κ1) is 13.5. The average Bonchev–Trinajstić information content (AvgIpc) is 2.78. The topological polar surface area (TPSA) is 90.9 Å². The molecule has 0 spiro atoms. The van der Waals surface area contributed by atoms with Gasteiger partial charge in [0.2, 0.25) is 0 Å². The number of nitrogens with zero attached hydrogens (tertiary/aromatic N) is 3. The van der Waals surface area contributed by atoms with Gasteiger partial charge in [-0.15, -0.1) is 0 Å². The van der Waals surface area contributed by atoms with Crippen LogP contribution in [-0.4, -0.2) is 23.2 Å². The van der Waals surface area contributed by atoms with Crippen molar-refractivity contribution in [2.24, 2.45) is 0 Å². The van der Waals surface area contributed by atoms with Crippen LogP contribution in [0.1, 0.15) is 18.3 Å². The van der Waals surface area contributed by atoms with E-state index in [1.165, 1.54) is 12.4 Å². The van der Waals surface area contributed by atoms with Crippen LogP contribution in [0.25, 0.3) is 0 Å².